The van der Waals surface area contributed by atoms with Crippen molar-refractivity contribution in [2.45, 2.75) is 13.5 Å². The second-order valence-corrected chi connectivity index (χ2v) is 7.95. The fourth-order valence-electron chi connectivity index (χ4n) is 4.14. The Bertz CT molecular complexity index is 1250. The molecule has 0 atom stereocenters. The molecule has 5 rings (SSSR count). The molecule has 1 aliphatic rings. The molecule has 2 aromatic heterocycles. The lowest BCUT2D eigenvalue weighted by atomic mass is 10.0. The highest BCUT2D eigenvalue weighted by atomic mass is 19.1. The van der Waals surface area contributed by atoms with Crippen molar-refractivity contribution in [3.63, 3.8) is 0 Å². The zero-order valence-electron chi connectivity index (χ0n) is 17.4. The number of aromatic nitrogens is 2. The first-order valence-electron chi connectivity index (χ1n) is 10.5. The van der Waals surface area contributed by atoms with Crippen molar-refractivity contribution < 1.29 is 13.8 Å². The number of fused-ring (bicyclic) bond motifs is 1. The highest BCUT2D eigenvalue weighted by Crippen LogP contribution is 2.33. The first kappa shape index (κ1) is 19.3. The average molecular weight is 415 g/mol. The van der Waals surface area contributed by atoms with Crippen LogP contribution in [0.5, 0.6) is 0 Å². The van der Waals surface area contributed by atoms with Crippen LogP contribution in [0, 0.1) is 12.7 Å². The molecule has 3 heterocycles. The van der Waals surface area contributed by atoms with Gasteiger partial charge in [0.2, 0.25) is 0 Å². The van der Waals surface area contributed by atoms with Gasteiger partial charge in [-0.2, -0.15) is 0 Å². The van der Waals surface area contributed by atoms with Gasteiger partial charge >= 0.3 is 6.03 Å². The number of urea groups is 1. The highest BCUT2D eigenvalue weighted by Gasteiger charge is 2.20. The number of rotatable bonds is 5. The number of hydrogen-bond donors (Lipinski definition) is 1. The summed E-state index contributed by atoms with van der Waals surface area (Å²) in [5.74, 6) is -0.234. The van der Waals surface area contributed by atoms with Gasteiger partial charge in [-0.1, -0.05) is 23.8 Å². The Morgan fingerprint density at radius 1 is 1.06 bits per heavy atom. The van der Waals surface area contributed by atoms with Crippen LogP contribution in [-0.4, -0.2) is 35.1 Å². The summed E-state index contributed by atoms with van der Waals surface area (Å²) >= 11 is 0. The van der Waals surface area contributed by atoms with Crippen molar-refractivity contribution in [1.82, 2.24) is 14.8 Å². The van der Waals surface area contributed by atoms with E-state index in [4.69, 9.17) is 0 Å². The van der Waals surface area contributed by atoms with Crippen LogP contribution >= 0.6 is 0 Å². The SMILES string of the molecule is Cc1ccc2c(c1)c(-c1ccc(F)cc1)cn2-c1cc[n+](CCN2CCNC2=O)cc1. The minimum Gasteiger partial charge on any atom is -0.336 e. The van der Waals surface area contributed by atoms with Crippen molar-refractivity contribution >= 4 is 16.9 Å². The third-order valence-electron chi connectivity index (χ3n) is 5.84. The number of carbonyl (C=O) groups is 1. The van der Waals surface area contributed by atoms with Gasteiger partial charge in [0, 0.05) is 42.4 Å². The monoisotopic (exact) mass is 415 g/mol. The number of aryl methyl sites for hydroxylation is 1. The minimum atomic E-state index is -0.234. The Morgan fingerprint density at radius 2 is 1.84 bits per heavy atom. The Balaban J connectivity index is 1.47. The molecule has 31 heavy (non-hydrogen) atoms. The molecule has 6 heteroatoms. The summed E-state index contributed by atoms with van der Waals surface area (Å²) in [6, 6.07) is 17.2. The van der Waals surface area contributed by atoms with Crippen molar-refractivity contribution in [3.05, 3.63) is 84.6 Å². The molecule has 0 aliphatic carbocycles. The lowest BCUT2D eigenvalue weighted by molar-refractivity contribution is -0.696. The van der Waals surface area contributed by atoms with Crippen LogP contribution in [0.15, 0.2) is 73.2 Å². The van der Waals surface area contributed by atoms with E-state index in [1.807, 2.05) is 29.4 Å². The van der Waals surface area contributed by atoms with Crippen molar-refractivity contribution in [2.75, 3.05) is 19.6 Å². The summed E-state index contributed by atoms with van der Waals surface area (Å²) < 4.78 is 17.7. The number of amides is 2. The van der Waals surface area contributed by atoms with Gasteiger partial charge in [0.15, 0.2) is 18.9 Å². The molecule has 2 aromatic carbocycles. The summed E-state index contributed by atoms with van der Waals surface area (Å²) in [4.78, 5) is 13.5. The Hall–Kier alpha value is -3.67. The maximum Gasteiger partial charge on any atom is 0.317 e. The standard InChI is InChI=1S/C25H23FN4O/c1-18-2-7-24-22(16-18)23(19-3-5-20(26)6-4-19)17-30(24)21-8-11-28(12-9-21)14-15-29-13-10-27-25(29)31/h2-9,11-12,16-17H,10,13-15H2,1H3/p+1. The summed E-state index contributed by atoms with van der Waals surface area (Å²) in [7, 11) is 0. The number of pyridine rings is 1. The van der Waals surface area contributed by atoms with Gasteiger partial charge in [0.1, 0.15) is 5.82 Å². The van der Waals surface area contributed by atoms with Gasteiger partial charge < -0.3 is 14.8 Å². The number of carbonyl (C=O) groups excluding carboxylic acids is 1. The van der Waals surface area contributed by atoms with Gasteiger partial charge in [-0.25, -0.2) is 13.8 Å². The van der Waals surface area contributed by atoms with E-state index in [-0.39, 0.29) is 11.8 Å². The summed E-state index contributed by atoms with van der Waals surface area (Å²) in [6.45, 7) is 5.01. The number of benzene rings is 2. The first-order chi connectivity index (χ1) is 15.1. The number of nitrogens with one attached hydrogen (secondary N) is 1. The molecule has 1 N–H and O–H groups in total. The summed E-state index contributed by atoms with van der Waals surface area (Å²) in [5.41, 5.74) is 5.42. The van der Waals surface area contributed by atoms with Crippen molar-refractivity contribution in [3.8, 4) is 16.8 Å². The van der Waals surface area contributed by atoms with Crippen LogP contribution in [0.4, 0.5) is 9.18 Å². The normalized spacial score (nSPS) is 13.7. The van der Waals surface area contributed by atoms with Gasteiger partial charge in [0.25, 0.3) is 0 Å². The molecular formula is C25H24FN4O+. The van der Waals surface area contributed by atoms with Gasteiger partial charge in [-0.05, 0) is 36.8 Å². The molecule has 4 aromatic rings. The molecule has 1 aliphatic heterocycles. The van der Waals surface area contributed by atoms with Crippen LogP contribution < -0.4 is 9.88 Å². The van der Waals surface area contributed by atoms with Crippen LogP contribution in [0.2, 0.25) is 0 Å². The predicted octanol–water partition coefficient (Wildman–Crippen LogP) is 4.06. The maximum absolute atomic E-state index is 13.4. The molecule has 1 fully saturated rings. The molecule has 0 radical (unpaired) electrons. The van der Waals surface area contributed by atoms with E-state index >= 15 is 0 Å². The quantitative estimate of drug-likeness (QED) is 0.491. The molecule has 0 bridgehead atoms. The van der Waals surface area contributed by atoms with Gasteiger partial charge in [0.05, 0.1) is 17.7 Å². The zero-order valence-corrected chi connectivity index (χ0v) is 17.4. The van der Waals surface area contributed by atoms with Crippen LogP contribution in [-0.2, 0) is 6.54 Å². The van der Waals surface area contributed by atoms with Gasteiger partial charge in [-0.15, -0.1) is 0 Å². The zero-order chi connectivity index (χ0) is 21.4. The molecule has 5 nitrogen and oxygen atoms in total. The number of hydrogen-bond acceptors (Lipinski definition) is 1. The average Bonchev–Trinajstić information content (AvgIpc) is 3.36. The summed E-state index contributed by atoms with van der Waals surface area (Å²) in [6.07, 6.45) is 6.20. The first-order valence-corrected chi connectivity index (χ1v) is 10.5. The molecular weight excluding hydrogens is 391 g/mol. The van der Waals surface area contributed by atoms with E-state index in [1.54, 1.807) is 0 Å². The van der Waals surface area contributed by atoms with E-state index in [0.717, 1.165) is 47.4 Å². The minimum absolute atomic E-state index is 0.0136. The predicted molar refractivity (Wildman–Crippen MR) is 119 cm³/mol. The van der Waals surface area contributed by atoms with Crippen molar-refractivity contribution in [1.29, 1.82) is 0 Å². The Labute approximate surface area is 180 Å². The largest absolute Gasteiger partial charge is 0.336 e. The topological polar surface area (TPSA) is 41.1 Å². The fraction of sp³-hybridized carbons (Fsp3) is 0.200. The molecule has 2 amide bonds. The maximum atomic E-state index is 13.4. The smallest absolute Gasteiger partial charge is 0.317 e. The second kappa shape index (κ2) is 7.87. The molecule has 0 saturated carbocycles. The molecule has 156 valence electrons. The fourth-order valence-corrected chi connectivity index (χ4v) is 4.14. The van der Waals surface area contributed by atoms with E-state index in [0.29, 0.717) is 6.54 Å². The van der Waals surface area contributed by atoms with E-state index < -0.39 is 0 Å². The third kappa shape index (κ3) is 3.77. The lowest BCUT2D eigenvalue weighted by Crippen LogP contribution is -2.41. The van der Waals surface area contributed by atoms with E-state index in [9.17, 15) is 9.18 Å². The lowest BCUT2D eigenvalue weighted by Gasteiger charge is -2.11. The molecule has 0 unspecified atom stereocenters. The van der Waals surface area contributed by atoms with E-state index in [1.165, 1.54) is 17.7 Å². The van der Waals surface area contributed by atoms with Crippen LogP contribution in [0.25, 0.3) is 27.7 Å². The molecule has 0 spiro atoms. The molecule has 1 saturated heterocycles. The van der Waals surface area contributed by atoms with Crippen LogP contribution in [0.1, 0.15) is 5.56 Å². The second-order valence-electron chi connectivity index (χ2n) is 7.95. The Kier molecular flexibility index (Phi) is 4.90. The highest BCUT2D eigenvalue weighted by molar-refractivity contribution is 5.97. The van der Waals surface area contributed by atoms with Crippen LogP contribution in [0.3, 0.4) is 0 Å². The number of nitrogens with zero attached hydrogens (tertiary/aromatic N) is 3. The number of halogens is 1. The third-order valence-corrected chi connectivity index (χ3v) is 5.84. The van der Waals surface area contributed by atoms with Gasteiger partial charge in [-0.3, -0.25) is 0 Å². The Morgan fingerprint density at radius 3 is 2.55 bits per heavy atom. The van der Waals surface area contributed by atoms with Crippen molar-refractivity contribution in [2.24, 2.45) is 0 Å². The summed E-state index contributed by atoms with van der Waals surface area (Å²) in [5, 5.41) is 3.97. The van der Waals surface area contributed by atoms with E-state index in [2.05, 4.69) is 57.9 Å².